The molecule has 0 saturated carbocycles. The SMILES string of the molecule is COc1cc([N+](=O)[O-])cc([C@H](CO)N2CCNCC2)c1O.Cl. The highest BCUT2D eigenvalue weighted by molar-refractivity contribution is 5.85. The van der Waals surface area contributed by atoms with Crippen molar-refractivity contribution >= 4 is 18.1 Å². The molecule has 0 radical (unpaired) electrons. The number of ether oxygens (including phenoxy) is 1. The fraction of sp³-hybridized carbons (Fsp3) is 0.538. The molecule has 0 bridgehead atoms. The summed E-state index contributed by atoms with van der Waals surface area (Å²) in [6, 6.07) is 1.96. The lowest BCUT2D eigenvalue weighted by molar-refractivity contribution is -0.385. The minimum atomic E-state index is -0.544. The number of nitro groups is 1. The molecule has 124 valence electrons. The number of nitrogens with zero attached hydrogens (tertiary/aromatic N) is 2. The Kier molecular flexibility index (Phi) is 6.82. The maximum absolute atomic E-state index is 11.0. The number of methoxy groups -OCH3 is 1. The zero-order valence-electron chi connectivity index (χ0n) is 12.2. The maximum atomic E-state index is 11.0. The van der Waals surface area contributed by atoms with Gasteiger partial charge in [-0.15, -0.1) is 12.4 Å². The number of hydrogen-bond acceptors (Lipinski definition) is 7. The van der Waals surface area contributed by atoms with Crippen LogP contribution in [0.2, 0.25) is 0 Å². The Morgan fingerprint density at radius 1 is 1.45 bits per heavy atom. The highest BCUT2D eigenvalue weighted by Gasteiger charge is 2.28. The van der Waals surface area contributed by atoms with Crippen LogP contribution in [0.1, 0.15) is 11.6 Å². The second-order valence-corrected chi connectivity index (χ2v) is 4.83. The smallest absolute Gasteiger partial charge is 0.273 e. The molecule has 0 unspecified atom stereocenters. The second-order valence-electron chi connectivity index (χ2n) is 4.83. The fourth-order valence-electron chi connectivity index (χ4n) is 2.53. The molecule has 1 aliphatic heterocycles. The van der Waals surface area contributed by atoms with Gasteiger partial charge in [0.2, 0.25) is 0 Å². The Hall–Kier alpha value is -1.61. The predicted octanol–water partition coefficient (Wildman–Crippen LogP) is 0.669. The van der Waals surface area contributed by atoms with E-state index in [2.05, 4.69) is 5.32 Å². The van der Waals surface area contributed by atoms with E-state index in [0.717, 1.165) is 13.1 Å². The van der Waals surface area contributed by atoms with Gasteiger partial charge in [-0.1, -0.05) is 0 Å². The van der Waals surface area contributed by atoms with Crippen molar-refractivity contribution < 1.29 is 19.9 Å². The number of piperazine rings is 1. The van der Waals surface area contributed by atoms with Crippen LogP contribution in [-0.4, -0.2) is 59.9 Å². The molecule has 1 atom stereocenters. The summed E-state index contributed by atoms with van der Waals surface area (Å²) in [4.78, 5) is 12.4. The van der Waals surface area contributed by atoms with Crippen molar-refractivity contribution in [2.45, 2.75) is 6.04 Å². The molecular formula is C13H20ClN3O5. The summed E-state index contributed by atoms with van der Waals surface area (Å²) in [5.74, 6) is -0.131. The zero-order valence-corrected chi connectivity index (χ0v) is 13.0. The normalized spacial score (nSPS) is 16.6. The number of phenolic OH excluding ortho intramolecular Hbond substituents is 1. The van der Waals surface area contributed by atoms with Crippen molar-refractivity contribution in [2.75, 3.05) is 39.9 Å². The van der Waals surface area contributed by atoms with E-state index in [1.807, 2.05) is 4.90 Å². The van der Waals surface area contributed by atoms with Crippen molar-refractivity contribution in [1.82, 2.24) is 10.2 Å². The molecule has 1 aromatic rings. The summed E-state index contributed by atoms with van der Waals surface area (Å²) in [7, 11) is 1.33. The van der Waals surface area contributed by atoms with Crippen molar-refractivity contribution in [3.63, 3.8) is 0 Å². The highest BCUT2D eigenvalue weighted by atomic mass is 35.5. The number of benzene rings is 1. The van der Waals surface area contributed by atoms with Gasteiger partial charge in [0.1, 0.15) is 0 Å². The molecule has 9 heteroatoms. The van der Waals surface area contributed by atoms with E-state index in [0.29, 0.717) is 18.7 Å². The van der Waals surface area contributed by atoms with Crippen LogP contribution in [0.5, 0.6) is 11.5 Å². The highest BCUT2D eigenvalue weighted by Crippen LogP contribution is 2.39. The van der Waals surface area contributed by atoms with Crippen LogP contribution in [0, 0.1) is 10.1 Å². The zero-order chi connectivity index (χ0) is 15.4. The lowest BCUT2D eigenvalue weighted by Crippen LogP contribution is -2.46. The third-order valence-electron chi connectivity index (χ3n) is 3.64. The van der Waals surface area contributed by atoms with Gasteiger partial charge >= 0.3 is 0 Å². The average molecular weight is 334 g/mol. The molecule has 0 amide bonds. The topological polar surface area (TPSA) is 108 Å². The van der Waals surface area contributed by atoms with Gasteiger partial charge in [0.25, 0.3) is 5.69 Å². The van der Waals surface area contributed by atoms with E-state index < -0.39 is 11.0 Å². The molecule has 22 heavy (non-hydrogen) atoms. The van der Waals surface area contributed by atoms with Crippen LogP contribution >= 0.6 is 12.4 Å². The summed E-state index contributed by atoms with van der Waals surface area (Å²) < 4.78 is 4.99. The molecule has 1 aromatic carbocycles. The van der Waals surface area contributed by atoms with E-state index >= 15 is 0 Å². The van der Waals surface area contributed by atoms with Gasteiger partial charge in [-0.25, -0.2) is 0 Å². The number of non-ortho nitro benzene ring substituents is 1. The minimum absolute atomic E-state index is 0. The van der Waals surface area contributed by atoms with E-state index in [1.165, 1.54) is 19.2 Å². The van der Waals surface area contributed by atoms with Crippen molar-refractivity contribution in [2.24, 2.45) is 0 Å². The molecule has 8 nitrogen and oxygen atoms in total. The first-order valence-corrected chi connectivity index (χ1v) is 6.69. The lowest BCUT2D eigenvalue weighted by atomic mass is 10.0. The summed E-state index contributed by atoms with van der Waals surface area (Å²) in [6.07, 6.45) is 0. The number of aromatic hydroxyl groups is 1. The Bertz CT molecular complexity index is 523. The molecule has 0 aliphatic carbocycles. The molecule has 1 saturated heterocycles. The van der Waals surface area contributed by atoms with Gasteiger partial charge in [-0.3, -0.25) is 15.0 Å². The summed E-state index contributed by atoms with van der Waals surface area (Å²) >= 11 is 0. The standard InChI is InChI=1S/C13H19N3O5.ClH/c1-21-12-7-9(16(19)20)6-10(13(12)18)11(8-17)15-4-2-14-3-5-15;/h6-7,11,14,17-18H,2-5,8H2,1H3;1H/t11-;/m0./s1. The average Bonchev–Trinajstić information content (AvgIpc) is 2.50. The summed E-state index contributed by atoms with van der Waals surface area (Å²) in [5.41, 5.74) is 0.138. The number of aliphatic hydroxyl groups is 1. The molecule has 2 rings (SSSR count). The van der Waals surface area contributed by atoms with Gasteiger partial charge in [0.15, 0.2) is 11.5 Å². The Balaban J connectivity index is 0.00000242. The number of nitrogens with one attached hydrogen (secondary N) is 1. The maximum Gasteiger partial charge on any atom is 0.273 e. The van der Waals surface area contributed by atoms with Gasteiger partial charge in [0.05, 0.1) is 30.7 Å². The predicted molar refractivity (Wildman–Crippen MR) is 82.8 cm³/mol. The van der Waals surface area contributed by atoms with Crippen LogP contribution in [0.25, 0.3) is 0 Å². The van der Waals surface area contributed by atoms with Crippen LogP contribution < -0.4 is 10.1 Å². The van der Waals surface area contributed by atoms with Gasteiger partial charge < -0.3 is 20.3 Å². The first kappa shape index (κ1) is 18.4. The number of phenols is 1. The quantitative estimate of drug-likeness (QED) is 0.537. The Morgan fingerprint density at radius 2 is 2.09 bits per heavy atom. The molecule has 0 aromatic heterocycles. The number of aliphatic hydroxyl groups excluding tert-OH is 1. The van der Waals surface area contributed by atoms with Crippen molar-refractivity contribution in [3.8, 4) is 11.5 Å². The van der Waals surface area contributed by atoms with Gasteiger partial charge in [-0.05, 0) is 0 Å². The molecule has 0 spiro atoms. The van der Waals surface area contributed by atoms with Crippen LogP contribution in [0.3, 0.4) is 0 Å². The second kappa shape index (κ2) is 8.14. The fourth-order valence-corrected chi connectivity index (χ4v) is 2.53. The molecule has 1 heterocycles. The van der Waals surface area contributed by atoms with Crippen molar-refractivity contribution in [3.05, 3.63) is 27.8 Å². The summed E-state index contributed by atoms with van der Waals surface area (Å²) in [6.45, 7) is 2.68. The molecule has 3 N–H and O–H groups in total. The van der Waals surface area contributed by atoms with Crippen LogP contribution in [0.4, 0.5) is 5.69 Å². The Labute approximate surface area is 134 Å². The van der Waals surface area contributed by atoms with E-state index in [-0.39, 0.29) is 36.2 Å². The van der Waals surface area contributed by atoms with Gasteiger partial charge in [0, 0.05) is 37.8 Å². The van der Waals surface area contributed by atoms with Crippen molar-refractivity contribution in [1.29, 1.82) is 0 Å². The largest absolute Gasteiger partial charge is 0.504 e. The number of nitro benzene ring substituents is 1. The third-order valence-corrected chi connectivity index (χ3v) is 3.64. The van der Waals surface area contributed by atoms with E-state index in [1.54, 1.807) is 0 Å². The third kappa shape index (κ3) is 3.77. The molecule has 1 fully saturated rings. The lowest BCUT2D eigenvalue weighted by Gasteiger charge is -2.34. The number of halogens is 1. The van der Waals surface area contributed by atoms with Crippen LogP contribution in [0.15, 0.2) is 12.1 Å². The molecule has 1 aliphatic rings. The number of rotatable bonds is 5. The van der Waals surface area contributed by atoms with E-state index in [4.69, 9.17) is 4.74 Å². The first-order valence-electron chi connectivity index (χ1n) is 6.69. The van der Waals surface area contributed by atoms with Gasteiger partial charge in [-0.2, -0.15) is 0 Å². The monoisotopic (exact) mass is 333 g/mol. The van der Waals surface area contributed by atoms with Crippen LogP contribution in [-0.2, 0) is 0 Å². The first-order chi connectivity index (χ1) is 10.1. The minimum Gasteiger partial charge on any atom is -0.504 e. The Morgan fingerprint density at radius 3 is 2.59 bits per heavy atom. The molecular weight excluding hydrogens is 314 g/mol. The summed E-state index contributed by atoms with van der Waals surface area (Å²) in [5, 5.41) is 34.1. The number of hydrogen-bond donors (Lipinski definition) is 3. The van der Waals surface area contributed by atoms with E-state index in [9.17, 15) is 20.3 Å².